The number of carbonyl (C=O) groups is 1. The number of amides is 1. The molecule has 0 atom stereocenters. The number of nitrogens with one attached hydrogen (secondary N) is 1. The predicted molar refractivity (Wildman–Crippen MR) is 102 cm³/mol. The van der Waals surface area contributed by atoms with Gasteiger partial charge in [0.2, 0.25) is 5.91 Å². The average Bonchev–Trinajstić information content (AvgIpc) is 3.02. The van der Waals surface area contributed by atoms with Crippen molar-refractivity contribution in [2.24, 2.45) is 0 Å². The first-order chi connectivity index (χ1) is 12.5. The molecule has 3 rings (SSSR count). The molecule has 0 radical (unpaired) electrons. The van der Waals surface area contributed by atoms with Gasteiger partial charge in [-0.2, -0.15) is 0 Å². The lowest BCUT2D eigenvalue weighted by molar-refractivity contribution is -0.384. The van der Waals surface area contributed by atoms with Crippen molar-refractivity contribution in [3.05, 3.63) is 56.6 Å². The highest BCUT2D eigenvalue weighted by Crippen LogP contribution is 2.28. The van der Waals surface area contributed by atoms with Crippen molar-refractivity contribution in [1.29, 1.82) is 0 Å². The Morgan fingerprint density at radius 3 is 3.12 bits per heavy atom. The number of benzene rings is 1. The lowest BCUT2D eigenvalue weighted by atomic mass is 10.2. The van der Waals surface area contributed by atoms with E-state index in [9.17, 15) is 14.9 Å². The number of nitro groups is 1. The van der Waals surface area contributed by atoms with Gasteiger partial charge in [-0.15, -0.1) is 11.3 Å². The molecule has 0 fully saturated rings. The first-order valence-corrected chi connectivity index (χ1v) is 9.31. The molecule has 0 aliphatic carbocycles. The van der Waals surface area contributed by atoms with E-state index in [0.717, 1.165) is 38.2 Å². The highest BCUT2D eigenvalue weighted by atomic mass is 32.1. The minimum atomic E-state index is -0.459. The Labute approximate surface area is 155 Å². The molecule has 0 spiro atoms. The van der Waals surface area contributed by atoms with Gasteiger partial charge in [-0.05, 0) is 24.6 Å². The Balaban J connectivity index is 1.62. The Hall–Kier alpha value is -2.58. The van der Waals surface area contributed by atoms with Crippen LogP contribution in [0.3, 0.4) is 0 Å². The summed E-state index contributed by atoms with van der Waals surface area (Å²) in [6.45, 7) is 5.14. The maximum Gasteiger partial charge on any atom is 0.270 e. The molecule has 0 unspecified atom stereocenters. The zero-order chi connectivity index (χ0) is 18.5. The Bertz CT molecular complexity index is 847. The summed E-state index contributed by atoms with van der Waals surface area (Å²) in [7, 11) is 0. The van der Waals surface area contributed by atoms with Crippen LogP contribution < -0.4 is 5.32 Å². The van der Waals surface area contributed by atoms with Gasteiger partial charge in [0.1, 0.15) is 0 Å². The van der Waals surface area contributed by atoms with Crippen LogP contribution in [0.4, 0.5) is 10.8 Å². The molecule has 0 bridgehead atoms. The number of thiazole rings is 1. The Kier molecular flexibility index (Phi) is 5.75. The van der Waals surface area contributed by atoms with Crippen molar-refractivity contribution < 1.29 is 9.72 Å². The molecule has 8 heteroatoms. The lowest BCUT2D eigenvalue weighted by Crippen LogP contribution is -2.30. The van der Waals surface area contributed by atoms with Gasteiger partial charge in [-0.3, -0.25) is 25.1 Å². The summed E-state index contributed by atoms with van der Waals surface area (Å²) in [5, 5.41) is 14.2. The van der Waals surface area contributed by atoms with Crippen LogP contribution in [0.1, 0.15) is 29.5 Å². The third kappa shape index (κ3) is 4.53. The van der Waals surface area contributed by atoms with E-state index in [2.05, 4.69) is 22.1 Å². The number of carbonyl (C=O) groups excluding carboxylic acids is 1. The maximum absolute atomic E-state index is 12.1. The number of rotatable bonds is 6. The van der Waals surface area contributed by atoms with Crippen molar-refractivity contribution in [3.63, 3.8) is 0 Å². The topological polar surface area (TPSA) is 88.4 Å². The van der Waals surface area contributed by atoms with Crippen LogP contribution in [0, 0.1) is 10.1 Å². The van der Waals surface area contributed by atoms with Crippen molar-refractivity contribution in [1.82, 2.24) is 9.88 Å². The molecule has 7 nitrogen and oxygen atoms in total. The number of aromatic nitrogens is 1. The standard InChI is InChI=1S/C18H20N4O3S/c1-2-9-21-10-8-15-16(12-21)26-18(19-15)20-17(23)7-6-13-4-3-5-14(11-13)22(24)25/h3-7,11H,2,8-10,12H2,1H3,(H,19,20,23)/b7-6+. The van der Waals surface area contributed by atoms with Gasteiger partial charge in [-0.1, -0.05) is 19.1 Å². The summed E-state index contributed by atoms with van der Waals surface area (Å²) in [5.74, 6) is -0.298. The fourth-order valence-electron chi connectivity index (χ4n) is 2.87. The molecular weight excluding hydrogens is 352 g/mol. The zero-order valence-corrected chi connectivity index (χ0v) is 15.3. The number of nitrogens with zero attached hydrogens (tertiary/aromatic N) is 3. The Morgan fingerprint density at radius 2 is 2.35 bits per heavy atom. The van der Waals surface area contributed by atoms with Gasteiger partial charge in [0.05, 0.1) is 10.6 Å². The van der Waals surface area contributed by atoms with Crippen LogP contribution >= 0.6 is 11.3 Å². The van der Waals surface area contributed by atoms with Crippen molar-refractivity contribution in [3.8, 4) is 0 Å². The third-order valence-corrected chi connectivity index (χ3v) is 5.09. The van der Waals surface area contributed by atoms with Crippen molar-refractivity contribution in [2.45, 2.75) is 26.3 Å². The van der Waals surface area contributed by atoms with E-state index in [4.69, 9.17) is 0 Å². The molecule has 1 N–H and O–H groups in total. The quantitative estimate of drug-likeness (QED) is 0.476. The molecule has 0 saturated carbocycles. The molecule has 2 heterocycles. The van der Waals surface area contributed by atoms with Gasteiger partial charge >= 0.3 is 0 Å². The van der Waals surface area contributed by atoms with Crippen LogP contribution in [-0.2, 0) is 17.8 Å². The van der Waals surface area contributed by atoms with E-state index in [1.54, 1.807) is 18.2 Å². The zero-order valence-electron chi connectivity index (χ0n) is 14.5. The highest BCUT2D eigenvalue weighted by Gasteiger charge is 2.20. The highest BCUT2D eigenvalue weighted by molar-refractivity contribution is 7.15. The van der Waals surface area contributed by atoms with Gasteiger partial charge in [0, 0.05) is 42.6 Å². The second-order valence-electron chi connectivity index (χ2n) is 6.09. The van der Waals surface area contributed by atoms with Crippen LogP contribution in [-0.4, -0.2) is 33.8 Å². The fourth-order valence-corrected chi connectivity index (χ4v) is 3.92. The summed E-state index contributed by atoms with van der Waals surface area (Å²) in [4.78, 5) is 30.6. The van der Waals surface area contributed by atoms with Gasteiger partial charge in [0.15, 0.2) is 5.13 Å². The normalized spacial score (nSPS) is 14.3. The maximum atomic E-state index is 12.1. The van der Waals surface area contributed by atoms with E-state index in [0.29, 0.717) is 10.7 Å². The lowest BCUT2D eigenvalue weighted by Gasteiger charge is -2.24. The van der Waals surface area contributed by atoms with Gasteiger partial charge < -0.3 is 0 Å². The number of non-ortho nitro benzene ring substituents is 1. The molecule has 1 aromatic heterocycles. The Morgan fingerprint density at radius 1 is 1.50 bits per heavy atom. The molecule has 0 saturated heterocycles. The van der Waals surface area contributed by atoms with E-state index in [-0.39, 0.29) is 11.6 Å². The third-order valence-electron chi connectivity index (χ3n) is 4.09. The number of fused-ring (bicyclic) bond motifs is 1. The molecule has 1 amide bonds. The first-order valence-electron chi connectivity index (χ1n) is 8.49. The number of nitro benzene ring substituents is 1. The fraction of sp³-hybridized carbons (Fsp3) is 0.333. The van der Waals surface area contributed by atoms with E-state index in [1.165, 1.54) is 34.4 Å². The molecule has 136 valence electrons. The van der Waals surface area contributed by atoms with Gasteiger partial charge in [0.25, 0.3) is 5.69 Å². The largest absolute Gasteiger partial charge is 0.298 e. The van der Waals surface area contributed by atoms with Crippen LogP contribution in [0.5, 0.6) is 0 Å². The van der Waals surface area contributed by atoms with Crippen LogP contribution in [0.15, 0.2) is 30.3 Å². The van der Waals surface area contributed by atoms with E-state index in [1.807, 2.05) is 0 Å². The second kappa shape index (κ2) is 8.20. The number of hydrogen-bond acceptors (Lipinski definition) is 6. The van der Waals surface area contributed by atoms with E-state index < -0.39 is 4.92 Å². The molecule has 26 heavy (non-hydrogen) atoms. The van der Waals surface area contributed by atoms with Crippen LogP contribution in [0.2, 0.25) is 0 Å². The molecule has 1 aliphatic rings. The summed E-state index contributed by atoms with van der Waals surface area (Å²) < 4.78 is 0. The molecule has 1 aromatic carbocycles. The van der Waals surface area contributed by atoms with Crippen molar-refractivity contribution in [2.75, 3.05) is 18.4 Å². The minimum Gasteiger partial charge on any atom is -0.298 e. The second-order valence-corrected chi connectivity index (χ2v) is 7.17. The monoisotopic (exact) mass is 372 g/mol. The summed E-state index contributed by atoms with van der Waals surface area (Å²) in [5.41, 5.74) is 1.67. The molecular formula is C18H20N4O3S. The SMILES string of the molecule is CCCN1CCc2nc(NC(=O)/C=C/c3cccc([N+](=O)[O-])c3)sc2C1. The van der Waals surface area contributed by atoms with Crippen molar-refractivity contribution >= 4 is 34.1 Å². The summed E-state index contributed by atoms with van der Waals surface area (Å²) in [6, 6.07) is 6.14. The number of anilines is 1. The first kappa shape index (κ1) is 18.2. The smallest absolute Gasteiger partial charge is 0.270 e. The number of hydrogen-bond donors (Lipinski definition) is 1. The summed E-state index contributed by atoms with van der Waals surface area (Å²) in [6.07, 6.45) is 4.95. The summed E-state index contributed by atoms with van der Waals surface area (Å²) >= 11 is 1.51. The molecule has 1 aliphatic heterocycles. The average molecular weight is 372 g/mol. The van der Waals surface area contributed by atoms with Crippen LogP contribution in [0.25, 0.3) is 6.08 Å². The van der Waals surface area contributed by atoms with E-state index >= 15 is 0 Å². The van der Waals surface area contributed by atoms with Gasteiger partial charge in [-0.25, -0.2) is 4.98 Å². The molecule has 2 aromatic rings. The predicted octanol–water partition coefficient (Wildman–Crippen LogP) is 3.47. The minimum absolute atomic E-state index is 0.00297.